The number of alkyl halides is 2. The molecule has 0 bridgehead atoms. The normalized spacial score (nSPS) is 20.1. The number of hydrogen-bond acceptors (Lipinski definition) is 1. The SMILES string of the molecule is Cc1ccc(C2Cc3ccc(C)cc3OC2(F)F)cc1. The molecule has 1 heterocycles. The van der Waals surface area contributed by atoms with Crippen molar-refractivity contribution in [3.05, 3.63) is 64.7 Å². The first-order valence-electron chi connectivity index (χ1n) is 6.68. The number of ether oxygens (including phenoxy) is 1. The number of hydrogen-bond donors (Lipinski definition) is 0. The highest BCUT2D eigenvalue weighted by Gasteiger charge is 2.47. The van der Waals surface area contributed by atoms with Gasteiger partial charge in [0.25, 0.3) is 0 Å². The fraction of sp³-hybridized carbons (Fsp3) is 0.294. The topological polar surface area (TPSA) is 9.23 Å². The Labute approximate surface area is 117 Å². The van der Waals surface area contributed by atoms with Gasteiger partial charge >= 0.3 is 6.11 Å². The maximum absolute atomic E-state index is 14.2. The third-order valence-electron chi connectivity index (χ3n) is 3.78. The number of aryl methyl sites for hydroxylation is 2. The molecule has 2 aromatic carbocycles. The first-order chi connectivity index (χ1) is 9.45. The second kappa shape index (κ2) is 4.58. The molecule has 0 N–H and O–H groups in total. The van der Waals surface area contributed by atoms with Crippen molar-refractivity contribution in [3.8, 4) is 5.75 Å². The molecule has 3 rings (SSSR count). The fourth-order valence-electron chi connectivity index (χ4n) is 2.59. The van der Waals surface area contributed by atoms with Crippen LogP contribution in [0.25, 0.3) is 0 Å². The van der Waals surface area contributed by atoms with Crippen LogP contribution in [0.3, 0.4) is 0 Å². The van der Waals surface area contributed by atoms with Gasteiger partial charge < -0.3 is 4.74 Å². The zero-order chi connectivity index (χ0) is 14.3. The molecule has 20 heavy (non-hydrogen) atoms. The molecule has 0 saturated heterocycles. The standard InChI is InChI=1S/C17H16F2O/c1-11-3-6-13(7-4-11)15-10-14-8-5-12(2)9-16(14)20-17(15,18)19/h3-9,15H,10H2,1-2H3. The Hall–Kier alpha value is -1.90. The second-order valence-corrected chi connectivity index (χ2v) is 5.44. The van der Waals surface area contributed by atoms with E-state index in [-0.39, 0.29) is 0 Å². The number of fused-ring (bicyclic) bond motifs is 1. The Balaban J connectivity index is 2.00. The minimum atomic E-state index is -3.17. The quantitative estimate of drug-likeness (QED) is 0.737. The lowest BCUT2D eigenvalue weighted by Crippen LogP contribution is -2.38. The largest absolute Gasteiger partial charge is 0.432 e. The highest BCUT2D eigenvalue weighted by Crippen LogP contribution is 2.44. The molecular weight excluding hydrogens is 258 g/mol. The third kappa shape index (κ3) is 2.28. The van der Waals surface area contributed by atoms with Gasteiger partial charge in [-0.05, 0) is 43.0 Å². The van der Waals surface area contributed by atoms with E-state index >= 15 is 0 Å². The molecule has 2 aromatic rings. The van der Waals surface area contributed by atoms with Gasteiger partial charge in [-0.1, -0.05) is 42.0 Å². The molecule has 0 radical (unpaired) electrons. The lowest BCUT2D eigenvalue weighted by atomic mass is 9.88. The predicted octanol–water partition coefficient (Wildman–Crippen LogP) is 4.61. The Kier molecular flexibility index (Phi) is 3.00. The summed E-state index contributed by atoms with van der Waals surface area (Å²) in [7, 11) is 0. The monoisotopic (exact) mass is 274 g/mol. The number of halogens is 2. The Morgan fingerprint density at radius 2 is 1.65 bits per heavy atom. The lowest BCUT2D eigenvalue weighted by Gasteiger charge is -2.33. The molecule has 1 unspecified atom stereocenters. The van der Waals surface area contributed by atoms with E-state index in [0.29, 0.717) is 17.7 Å². The minimum absolute atomic E-state index is 0.297. The number of benzene rings is 2. The van der Waals surface area contributed by atoms with Crippen LogP contribution in [-0.2, 0) is 6.42 Å². The molecule has 0 aliphatic carbocycles. The van der Waals surface area contributed by atoms with E-state index in [1.165, 1.54) is 0 Å². The van der Waals surface area contributed by atoms with Crippen molar-refractivity contribution in [3.63, 3.8) is 0 Å². The molecule has 3 heteroatoms. The molecule has 0 amide bonds. The summed E-state index contributed by atoms with van der Waals surface area (Å²) in [6.45, 7) is 3.81. The first kappa shape index (κ1) is 13.1. The summed E-state index contributed by atoms with van der Waals surface area (Å²) in [5, 5.41) is 0. The lowest BCUT2D eigenvalue weighted by molar-refractivity contribution is -0.201. The summed E-state index contributed by atoms with van der Waals surface area (Å²) < 4.78 is 33.5. The van der Waals surface area contributed by atoms with Crippen LogP contribution in [0.2, 0.25) is 0 Å². The van der Waals surface area contributed by atoms with Gasteiger partial charge in [0.15, 0.2) is 0 Å². The van der Waals surface area contributed by atoms with E-state index in [0.717, 1.165) is 16.7 Å². The van der Waals surface area contributed by atoms with Crippen LogP contribution < -0.4 is 4.74 Å². The van der Waals surface area contributed by atoms with Crippen molar-refractivity contribution in [2.24, 2.45) is 0 Å². The molecule has 0 spiro atoms. The van der Waals surface area contributed by atoms with Gasteiger partial charge in [0.2, 0.25) is 0 Å². The average Bonchev–Trinajstić information content (AvgIpc) is 2.38. The van der Waals surface area contributed by atoms with Gasteiger partial charge in [-0.3, -0.25) is 0 Å². The van der Waals surface area contributed by atoms with Crippen molar-refractivity contribution in [1.82, 2.24) is 0 Å². The fourth-order valence-corrected chi connectivity index (χ4v) is 2.59. The summed E-state index contributed by atoms with van der Waals surface area (Å²) in [5.41, 5.74) is 3.44. The Morgan fingerprint density at radius 3 is 2.35 bits per heavy atom. The van der Waals surface area contributed by atoms with Crippen LogP contribution in [-0.4, -0.2) is 6.11 Å². The van der Waals surface area contributed by atoms with Crippen LogP contribution in [0.1, 0.15) is 28.2 Å². The van der Waals surface area contributed by atoms with Crippen molar-refractivity contribution in [1.29, 1.82) is 0 Å². The first-order valence-corrected chi connectivity index (χ1v) is 6.68. The van der Waals surface area contributed by atoms with Gasteiger partial charge in [-0.25, -0.2) is 0 Å². The maximum Gasteiger partial charge on any atom is 0.405 e. The maximum atomic E-state index is 14.2. The summed E-state index contributed by atoms with van der Waals surface area (Å²) in [6, 6.07) is 12.7. The summed E-state index contributed by atoms with van der Waals surface area (Å²) in [4.78, 5) is 0. The molecule has 0 fully saturated rings. The van der Waals surface area contributed by atoms with Gasteiger partial charge in [0.1, 0.15) is 5.75 Å². The molecule has 1 atom stereocenters. The Bertz CT molecular complexity index is 632. The van der Waals surface area contributed by atoms with E-state index in [1.54, 1.807) is 18.2 Å². The van der Waals surface area contributed by atoms with Gasteiger partial charge in [0.05, 0.1) is 5.92 Å². The predicted molar refractivity (Wildman–Crippen MR) is 74.4 cm³/mol. The van der Waals surface area contributed by atoms with Crippen molar-refractivity contribution >= 4 is 0 Å². The van der Waals surface area contributed by atoms with Crippen molar-refractivity contribution < 1.29 is 13.5 Å². The van der Waals surface area contributed by atoms with Crippen molar-refractivity contribution in [2.75, 3.05) is 0 Å². The highest BCUT2D eigenvalue weighted by atomic mass is 19.3. The number of rotatable bonds is 1. The van der Waals surface area contributed by atoms with Crippen molar-refractivity contribution in [2.45, 2.75) is 32.3 Å². The Morgan fingerprint density at radius 1 is 1.00 bits per heavy atom. The molecule has 0 aromatic heterocycles. The van der Waals surface area contributed by atoms with E-state index in [9.17, 15) is 8.78 Å². The highest BCUT2D eigenvalue weighted by molar-refractivity contribution is 5.42. The van der Waals surface area contributed by atoms with E-state index < -0.39 is 12.0 Å². The van der Waals surface area contributed by atoms with Gasteiger partial charge in [-0.2, -0.15) is 8.78 Å². The second-order valence-electron chi connectivity index (χ2n) is 5.44. The van der Waals surface area contributed by atoms with E-state index in [4.69, 9.17) is 4.74 Å². The summed E-state index contributed by atoms with van der Waals surface area (Å²) in [6.07, 6.45) is -2.87. The molecular formula is C17H16F2O. The van der Waals surface area contributed by atoms with Crippen LogP contribution >= 0.6 is 0 Å². The zero-order valence-electron chi connectivity index (χ0n) is 11.5. The molecule has 1 nitrogen and oxygen atoms in total. The minimum Gasteiger partial charge on any atom is -0.432 e. The summed E-state index contributed by atoms with van der Waals surface area (Å²) in [5.74, 6) is -0.628. The zero-order valence-corrected chi connectivity index (χ0v) is 11.5. The van der Waals surface area contributed by atoms with Crippen LogP contribution in [0.15, 0.2) is 42.5 Å². The molecule has 1 aliphatic rings. The van der Waals surface area contributed by atoms with Crippen LogP contribution in [0.5, 0.6) is 5.75 Å². The van der Waals surface area contributed by atoms with Gasteiger partial charge in [0, 0.05) is 0 Å². The van der Waals surface area contributed by atoms with Crippen LogP contribution in [0, 0.1) is 13.8 Å². The molecule has 1 aliphatic heterocycles. The molecule has 104 valence electrons. The van der Waals surface area contributed by atoms with E-state index in [2.05, 4.69) is 0 Å². The van der Waals surface area contributed by atoms with Gasteiger partial charge in [-0.15, -0.1) is 0 Å². The van der Waals surface area contributed by atoms with Crippen LogP contribution in [0.4, 0.5) is 8.78 Å². The molecule has 0 saturated carbocycles. The third-order valence-corrected chi connectivity index (χ3v) is 3.78. The van der Waals surface area contributed by atoms with E-state index in [1.807, 2.05) is 38.1 Å². The smallest absolute Gasteiger partial charge is 0.405 e. The summed E-state index contributed by atoms with van der Waals surface area (Å²) >= 11 is 0. The average molecular weight is 274 g/mol.